The first-order valence-electron chi connectivity index (χ1n) is 8.12. The van der Waals surface area contributed by atoms with E-state index in [0.29, 0.717) is 0 Å². The molecule has 1 heterocycles. The van der Waals surface area contributed by atoms with Crippen LogP contribution in [0.4, 0.5) is 0 Å². The maximum atomic E-state index is 6.42. The fourth-order valence-corrected chi connectivity index (χ4v) is 3.41. The fraction of sp³-hybridized carbons (Fsp3) is 0.500. The predicted molar refractivity (Wildman–Crippen MR) is 85.9 cm³/mol. The normalized spacial score (nSPS) is 17.8. The minimum absolute atomic E-state index is 0.0264. The van der Waals surface area contributed by atoms with Gasteiger partial charge in [0.2, 0.25) is 0 Å². The summed E-state index contributed by atoms with van der Waals surface area (Å²) in [7, 11) is 0. The van der Waals surface area contributed by atoms with Crippen molar-refractivity contribution in [1.82, 2.24) is 9.55 Å². The second-order valence-electron chi connectivity index (χ2n) is 6.27. The molecule has 3 heteroatoms. The maximum absolute atomic E-state index is 6.42. The second-order valence-corrected chi connectivity index (χ2v) is 6.27. The van der Waals surface area contributed by atoms with E-state index in [4.69, 9.17) is 5.73 Å². The fourth-order valence-electron chi connectivity index (χ4n) is 3.41. The van der Waals surface area contributed by atoms with Gasteiger partial charge in [-0.1, -0.05) is 49.6 Å². The maximum Gasteiger partial charge on any atom is 0.0948 e. The van der Waals surface area contributed by atoms with E-state index < -0.39 is 0 Å². The molecule has 1 aromatic carbocycles. The summed E-state index contributed by atoms with van der Waals surface area (Å²) in [5.74, 6) is 0.802. The monoisotopic (exact) mass is 283 g/mol. The molecule has 0 bridgehead atoms. The number of hydrogen-bond acceptors (Lipinski definition) is 2. The van der Waals surface area contributed by atoms with Crippen molar-refractivity contribution in [2.75, 3.05) is 0 Å². The van der Waals surface area contributed by atoms with Crippen molar-refractivity contribution in [3.8, 4) is 0 Å². The molecule has 3 rings (SSSR count). The van der Waals surface area contributed by atoms with Crippen LogP contribution in [-0.2, 0) is 13.0 Å². The third-order valence-electron chi connectivity index (χ3n) is 4.60. The van der Waals surface area contributed by atoms with Gasteiger partial charge in [-0.05, 0) is 30.7 Å². The van der Waals surface area contributed by atoms with Gasteiger partial charge in [-0.2, -0.15) is 0 Å². The molecule has 0 spiro atoms. The van der Waals surface area contributed by atoms with Crippen molar-refractivity contribution in [2.45, 2.75) is 51.1 Å². The van der Waals surface area contributed by atoms with Crippen molar-refractivity contribution in [2.24, 2.45) is 11.7 Å². The molecule has 1 atom stereocenters. The first-order chi connectivity index (χ1) is 10.3. The van der Waals surface area contributed by atoms with Crippen molar-refractivity contribution >= 4 is 0 Å². The van der Waals surface area contributed by atoms with Gasteiger partial charge in [0, 0.05) is 12.7 Å². The molecule has 21 heavy (non-hydrogen) atoms. The lowest BCUT2D eigenvalue weighted by Gasteiger charge is -2.24. The molecule has 3 nitrogen and oxygen atoms in total. The smallest absolute Gasteiger partial charge is 0.0948 e. The van der Waals surface area contributed by atoms with E-state index in [9.17, 15) is 0 Å². The molecule has 0 aliphatic heterocycles. The Bertz CT molecular complexity index is 541. The summed E-state index contributed by atoms with van der Waals surface area (Å²) >= 11 is 0. The number of rotatable bonds is 5. The first-order valence-corrected chi connectivity index (χ1v) is 8.12. The molecule has 2 N–H and O–H groups in total. The first kappa shape index (κ1) is 14.3. The zero-order valence-corrected chi connectivity index (χ0v) is 12.6. The van der Waals surface area contributed by atoms with Gasteiger partial charge in [0.05, 0.1) is 18.1 Å². The molecule has 0 unspecified atom stereocenters. The van der Waals surface area contributed by atoms with E-state index in [2.05, 4.69) is 33.8 Å². The molecule has 1 aromatic heterocycles. The number of nitrogens with zero attached hydrogens (tertiary/aromatic N) is 2. The molecule has 1 aliphatic carbocycles. The average Bonchev–Trinajstić information content (AvgIpc) is 2.97. The summed E-state index contributed by atoms with van der Waals surface area (Å²) in [5, 5.41) is 0. The summed E-state index contributed by atoms with van der Waals surface area (Å²) in [6.45, 7) is 1.08. The van der Waals surface area contributed by atoms with E-state index in [1.54, 1.807) is 0 Å². The lowest BCUT2D eigenvalue weighted by molar-refractivity contribution is 0.314. The van der Waals surface area contributed by atoms with Crippen LogP contribution >= 0.6 is 0 Å². The van der Waals surface area contributed by atoms with Crippen LogP contribution in [-0.4, -0.2) is 9.55 Å². The number of imidazole rings is 1. The van der Waals surface area contributed by atoms with Crippen molar-refractivity contribution in [1.29, 1.82) is 0 Å². The predicted octanol–water partition coefficient (Wildman–Crippen LogP) is 3.71. The number of hydrogen-bond donors (Lipinski definition) is 1. The van der Waals surface area contributed by atoms with Crippen LogP contribution in [0.1, 0.15) is 49.4 Å². The van der Waals surface area contributed by atoms with Crippen LogP contribution in [0.15, 0.2) is 42.9 Å². The Morgan fingerprint density at radius 2 is 1.90 bits per heavy atom. The lowest BCUT2D eigenvalue weighted by atomic mass is 9.89. The van der Waals surface area contributed by atoms with Gasteiger partial charge in [-0.3, -0.25) is 0 Å². The molecule has 2 aromatic rings. The van der Waals surface area contributed by atoms with Crippen LogP contribution < -0.4 is 5.73 Å². The summed E-state index contributed by atoms with van der Waals surface area (Å²) in [6.07, 6.45) is 11.6. The van der Waals surface area contributed by atoms with Crippen molar-refractivity contribution in [3.63, 3.8) is 0 Å². The SMILES string of the molecule is N[C@H](Cc1ccccc1)c1cncn1CC1CCCCC1. The zero-order chi connectivity index (χ0) is 14.5. The highest BCUT2D eigenvalue weighted by Crippen LogP contribution is 2.26. The minimum Gasteiger partial charge on any atom is -0.333 e. The lowest BCUT2D eigenvalue weighted by Crippen LogP contribution is -2.21. The molecular weight excluding hydrogens is 258 g/mol. The standard InChI is InChI=1S/C18H25N3/c19-17(11-15-7-3-1-4-8-15)18-12-20-14-21(18)13-16-9-5-2-6-10-16/h1,3-4,7-8,12,14,16-17H,2,5-6,9-11,13,19H2/t17-/m1/s1. The van der Waals surface area contributed by atoms with Gasteiger partial charge in [-0.25, -0.2) is 4.98 Å². The highest BCUT2D eigenvalue weighted by Gasteiger charge is 2.17. The Morgan fingerprint density at radius 3 is 2.67 bits per heavy atom. The highest BCUT2D eigenvalue weighted by atomic mass is 15.1. The van der Waals surface area contributed by atoms with E-state index in [0.717, 1.165) is 18.9 Å². The van der Waals surface area contributed by atoms with Crippen LogP contribution in [0.5, 0.6) is 0 Å². The number of aromatic nitrogens is 2. The van der Waals surface area contributed by atoms with E-state index >= 15 is 0 Å². The Hall–Kier alpha value is -1.61. The Kier molecular flexibility index (Phi) is 4.71. The van der Waals surface area contributed by atoms with Crippen LogP contribution in [0.3, 0.4) is 0 Å². The molecule has 1 fully saturated rings. The van der Waals surface area contributed by atoms with E-state index in [1.165, 1.54) is 43.4 Å². The number of nitrogens with two attached hydrogens (primary N) is 1. The third kappa shape index (κ3) is 3.73. The Morgan fingerprint density at radius 1 is 1.14 bits per heavy atom. The third-order valence-corrected chi connectivity index (χ3v) is 4.60. The summed E-state index contributed by atoms with van der Waals surface area (Å²) in [5.41, 5.74) is 8.87. The Balaban J connectivity index is 1.66. The van der Waals surface area contributed by atoms with Crippen LogP contribution in [0.2, 0.25) is 0 Å². The minimum atomic E-state index is 0.0264. The topological polar surface area (TPSA) is 43.8 Å². The largest absolute Gasteiger partial charge is 0.333 e. The quantitative estimate of drug-likeness (QED) is 0.909. The molecule has 0 radical (unpaired) electrons. The van der Waals surface area contributed by atoms with Gasteiger partial charge in [0.15, 0.2) is 0 Å². The van der Waals surface area contributed by atoms with E-state index in [-0.39, 0.29) is 6.04 Å². The molecule has 112 valence electrons. The molecule has 1 saturated carbocycles. The highest BCUT2D eigenvalue weighted by molar-refractivity contribution is 5.18. The summed E-state index contributed by atoms with van der Waals surface area (Å²) in [6, 6.07) is 10.5. The van der Waals surface area contributed by atoms with Crippen molar-refractivity contribution in [3.05, 3.63) is 54.1 Å². The molecular formula is C18H25N3. The molecule has 0 saturated heterocycles. The van der Waals surface area contributed by atoms with Crippen LogP contribution in [0, 0.1) is 5.92 Å². The summed E-state index contributed by atoms with van der Waals surface area (Å²) < 4.78 is 2.28. The van der Waals surface area contributed by atoms with Gasteiger partial charge in [0.1, 0.15) is 0 Å². The molecule has 0 amide bonds. The number of benzene rings is 1. The Labute approximate surface area is 127 Å². The van der Waals surface area contributed by atoms with Gasteiger partial charge >= 0.3 is 0 Å². The second kappa shape index (κ2) is 6.90. The van der Waals surface area contributed by atoms with Gasteiger partial charge < -0.3 is 10.3 Å². The zero-order valence-electron chi connectivity index (χ0n) is 12.6. The van der Waals surface area contributed by atoms with E-state index in [1.807, 2.05) is 18.6 Å². The summed E-state index contributed by atoms with van der Waals surface area (Å²) in [4.78, 5) is 4.33. The van der Waals surface area contributed by atoms with Crippen molar-refractivity contribution < 1.29 is 0 Å². The average molecular weight is 283 g/mol. The molecule has 1 aliphatic rings. The van der Waals surface area contributed by atoms with Crippen LogP contribution in [0.25, 0.3) is 0 Å². The van der Waals surface area contributed by atoms with Gasteiger partial charge in [0.25, 0.3) is 0 Å². The van der Waals surface area contributed by atoms with Gasteiger partial charge in [-0.15, -0.1) is 0 Å².